The monoisotopic (exact) mass is 204 g/mol. The molecule has 0 aromatic heterocycles. The predicted octanol–water partition coefficient (Wildman–Crippen LogP) is -0.763. The zero-order valence-electron chi connectivity index (χ0n) is 8.82. The number of hydrogen-bond acceptors (Lipinski definition) is 4. The van der Waals surface area contributed by atoms with Gasteiger partial charge in [0, 0.05) is 26.1 Å². The molecule has 0 bridgehead atoms. The van der Waals surface area contributed by atoms with Crippen molar-refractivity contribution in [3.05, 3.63) is 0 Å². The highest BCUT2D eigenvalue weighted by Crippen LogP contribution is 1.91. The molecule has 0 rings (SSSR count). The molecule has 4 N–H and O–H groups in total. The zero-order valence-corrected chi connectivity index (χ0v) is 8.82. The van der Waals surface area contributed by atoms with Crippen molar-refractivity contribution in [1.29, 1.82) is 0 Å². The van der Waals surface area contributed by atoms with Crippen molar-refractivity contribution >= 4 is 5.91 Å². The average molecular weight is 204 g/mol. The summed E-state index contributed by atoms with van der Waals surface area (Å²) in [6, 6.07) is -0.126. The second kappa shape index (κ2) is 7.73. The van der Waals surface area contributed by atoms with Gasteiger partial charge >= 0.3 is 0 Å². The van der Waals surface area contributed by atoms with Crippen molar-refractivity contribution in [1.82, 2.24) is 5.32 Å². The first-order chi connectivity index (χ1) is 6.56. The Balaban J connectivity index is 3.39. The van der Waals surface area contributed by atoms with E-state index >= 15 is 0 Å². The maximum atomic E-state index is 11.1. The molecule has 0 aromatic rings. The van der Waals surface area contributed by atoms with Gasteiger partial charge in [0.2, 0.25) is 5.91 Å². The summed E-state index contributed by atoms with van der Waals surface area (Å²) in [5.74, 6) is -0.0791. The summed E-state index contributed by atoms with van der Waals surface area (Å²) in [4.78, 5) is 11.1. The van der Waals surface area contributed by atoms with E-state index in [2.05, 4.69) is 5.32 Å². The Labute approximate surface area is 84.6 Å². The topological polar surface area (TPSA) is 84.6 Å². The lowest BCUT2D eigenvalue weighted by molar-refractivity contribution is -0.121. The van der Waals surface area contributed by atoms with E-state index in [1.807, 2.05) is 0 Å². The summed E-state index contributed by atoms with van der Waals surface area (Å²) in [5.41, 5.74) is 5.44. The van der Waals surface area contributed by atoms with Gasteiger partial charge in [-0.1, -0.05) is 0 Å². The fraction of sp³-hybridized carbons (Fsp3) is 0.889. The fourth-order valence-corrected chi connectivity index (χ4v) is 1.02. The Morgan fingerprint density at radius 2 is 2.29 bits per heavy atom. The van der Waals surface area contributed by atoms with Crippen LogP contribution in [0, 0.1) is 0 Å². The third kappa shape index (κ3) is 7.97. The van der Waals surface area contributed by atoms with Gasteiger partial charge in [0.1, 0.15) is 0 Å². The van der Waals surface area contributed by atoms with Crippen molar-refractivity contribution in [3.8, 4) is 0 Å². The minimum Gasteiger partial charge on any atom is -0.391 e. The van der Waals surface area contributed by atoms with Gasteiger partial charge in [-0.3, -0.25) is 4.79 Å². The molecule has 5 nitrogen and oxygen atoms in total. The van der Waals surface area contributed by atoms with Gasteiger partial charge in [0.25, 0.3) is 0 Å². The van der Waals surface area contributed by atoms with Crippen LogP contribution in [0.4, 0.5) is 0 Å². The Morgan fingerprint density at radius 3 is 2.79 bits per heavy atom. The second-order valence-corrected chi connectivity index (χ2v) is 3.43. The molecule has 0 fully saturated rings. The number of ether oxygens (including phenoxy) is 1. The van der Waals surface area contributed by atoms with E-state index in [-0.39, 0.29) is 11.9 Å². The molecule has 14 heavy (non-hydrogen) atoms. The number of aliphatic hydroxyl groups is 1. The minimum absolute atomic E-state index is 0.0791. The molecular formula is C9H20N2O3. The van der Waals surface area contributed by atoms with Gasteiger partial charge in [-0.05, 0) is 13.3 Å². The Morgan fingerprint density at radius 1 is 1.64 bits per heavy atom. The van der Waals surface area contributed by atoms with Crippen LogP contribution in [-0.2, 0) is 9.53 Å². The third-order valence-electron chi connectivity index (χ3n) is 1.67. The average Bonchev–Trinajstić information content (AvgIpc) is 2.02. The molecule has 0 saturated carbocycles. The number of aliphatic hydroxyl groups excluding tert-OH is 1. The standard InChI is InChI=1S/C9H20N2O3/c1-7(10)5-9(13)11-4-3-8(12)6-14-2/h7-8,12H,3-6,10H2,1-2H3,(H,11,13). The lowest BCUT2D eigenvalue weighted by atomic mass is 10.2. The van der Waals surface area contributed by atoms with Gasteiger partial charge in [-0.25, -0.2) is 0 Å². The van der Waals surface area contributed by atoms with Crippen LogP contribution < -0.4 is 11.1 Å². The molecule has 2 atom stereocenters. The van der Waals surface area contributed by atoms with Gasteiger partial charge in [0.05, 0.1) is 12.7 Å². The van der Waals surface area contributed by atoms with E-state index in [0.717, 1.165) is 0 Å². The number of hydrogen-bond donors (Lipinski definition) is 3. The first kappa shape index (κ1) is 13.4. The van der Waals surface area contributed by atoms with Crippen LogP contribution in [0.2, 0.25) is 0 Å². The number of amides is 1. The molecule has 2 unspecified atom stereocenters. The highest BCUT2D eigenvalue weighted by Gasteiger charge is 2.06. The van der Waals surface area contributed by atoms with Crippen LogP contribution in [0.1, 0.15) is 19.8 Å². The van der Waals surface area contributed by atoms with Crippen LogP contribution in [0.5, 0.6) is 0 Å². The first-order valence-corrected chi connectivity index (χ1v) is 4.75. The molecule has 0 spiro atoms. The molecule has 84 valence electrons. The van der Waals surface area contributed by atoms with E-state index in [4.69, 9.17) is 10.5 Å². The van der Waals surface area contributed by atoms with Crippen molar-refractivity contribution in [3.63, 3.8) is 0 Å². The second-order valence-electron chi connectivity index (χ2n) is 3.43. The Hall–Kier alpha value is -0.650. The lowest BCUT2D eigenvalue weighted by Crippen LogP contribution is -2.32. The maximum Gasteiger partial charge on any atom is 0.221 e. The Bertz CT molecular complexity index is 162. The number of methoxy groups -OCH3 is 1. The van der Waals surface area contributed by atoms with E-state index in [1.165, 1.54) is 7.11 Å². The minimum atomic E-state index is -0.518. The van der Waals surface area contributed by atoms with Crippen LogP contribution in [-0.4, -0.2) is 43.4 Å². The van der Waals surface area contributed by atoms with Gasteiger partial charge < -0.3 is 20.9 Å². The molecule has 5 heteroatoms. The summed E-state index contributed by atoms with van der Waals surface area (Å²) in [5, 5.41) is 11.9. The molecular weight excluding hydrogens is 184 g/mol. The molecule has 0 aliphatic heterocycles. The highest BCUT2D eigenvalue weighted by molar-refractivity contribution is 5.76. The molecule has 0 saturated heterocycles. The van der Waals surface area contributed by atoms with Gasteiger partial charge in [0.15, 0.2) is 0 Å². The zero-order chi connectivity index (χ0) is 11.0. The van der Waals surface area contributed by atoms with E-state index in [9.17, 15) is 9.90 Å². The summed E-state index contributed by atoms with van der Waals surface area (Å²) in [6.45, 7) is 2.53. The molecule has 1 amide bonds. The normalized spacial score (nSPS) is 14.9. The number of rotatable bonds is 7. The fourth-order valence-electron chi connectivity index (χ4n) is 1.02. The van der Waals surface area contributed by atoms with Crippen LogP contribution in [0.25, 0.3) is 0 Å². The van der Waals surface area contributed by atoms with Crippen LogP contribution >= 0.6 is 0 Å². The van der Waals surface area contributed by atoms with E-state index < -0.39 is 6.10 Å². The molecule has 0 aliphatic rings. The van der Waals surface area contributed by atoms with Gasteiger partial charge in [-0.2, -0.15) is 0 Å². The summed E-state index contributed by atoms with van der Waals surface area (Å²) >= 11 is 0. The quantitative estimate of drug-likeness (QED) is 0.509. The SMILES string of the molecule is COCC(O)CCNC(=O)CC(C)N. The predicted molar refractivity (Wildman–Crippen MR) is 53.8 cm³/mol. The van der Waals surface area contributed by atoms with Crippen LogP contribution in [0.15, 0.2) is 0 Å². The summed E-state index contributed by atoms with van der Waals surface area (Å²) < 4.78 is 4.74. The summed E-state index contributed by atoms with van der Waals surface area (Å²) in [6.07, 6.45) is 0.300. The number of carbonyl (C=O) groups excluding carboxylic acids is 1. The van der Waals surface area contributed by atoms with Gasteiger partial charge in [-0.15, -0.1) is 0 Å². The molecule has 0 radical (unpaired) electrons. The first-order valence-electron chi connectivity index (χ1n) is 4.75. The van der Waals surface area contributed by atoms with Crippen molar-refractivity contribution in [2.75, 3.05) is 20.3 Å². The lowest BCUT2D eigenvalue weighted by Gasteiger charge is -2.10. The van der Waals surface area contributed by atoms with Crippen molar-refractivity contribution in [2.24, 2.45) is 5.73 Å². The summed E-state index contributed by atoms with van der Waals surface area (Å²) in [7, 11) is 1.53. The third-order valence-corrected chi connectivity index (χ3v) is 1.67. The van der Waals surface area contributed by atoms with E-state index in [1.54, 1.807) is 6.92 Å². The highest BCUT2D eigenvalue weighted by atomic mass is 16.5. The molecule has 0 aromatic carbocycles. The number of nitrogens with two attached hydrogens (primary N) is 1. The van der Waals surface area contributed by atoms with Crippen molar-refractivity contribution < 1.29 is 14.6 Å². The van der Waals surface area contributed by atoms with E-state index in [0.29, 0.717) is 26.0 Å². The Kier molecular flexibility index (Phi) is 7.37. The number of nitrogens with one attached hydrogen (secondary N) is 1. The van der Waals surface area contributed by atoms with Crippen molar-refractivity contribution in [2.45, 2.75) is 31.9 Å². The molecule has 0 heterocycles. The molecule has 0 aliphatic carbocycles. The number of carbonyl (C=O) groups is 1. The smallest absolute Gasteiger partial charge is 0.221 e. The van der Waals surface area contributed by atoms with Crippen LogP contribution in [0.3, 0.4) is 0 Å². The maximum absolute atomic E-state index is 11.1. The largest absolute Gasteiger partial charge is 0.391 e.